The Kier molecular flexibility index (Phi) is 3.81. The Morgan fingerprint density at radius 1 is 1.39 bits per heavy atom. The highest BCUT2D eigenvalue weighted by Gasteiger charge is 2.15. The zero-order valence-electron chi connectivity index (χ0n) is 11.8. The molecule has 1 unspecified atom stereocenters. The van der Waals surface area contributed by atoms with E-state index in [1.54, 1.807) is 0 Å². The van der Waals surface area contributed by atoms with E-state index in [0.29, 0.717) is 0 Å². The minimum Gasteiger partial charge on any atom is -0.487 e. The summed E-state index contributed by atoms with van der Waals surface area (Å²) in [7, 11) is 0. The van der Waals surface area contributed by atoms with Crippen molar-refractivity contribution in [2.24, 2.45) is 0 Å². The predicted octanol–water partition coefficient (Wildman–Crippen LogP) is 2.81. The number of anilines is 1. The first kappa shape index (κ1) is 13.2. The molecule has 1 aliphatic rings. The van der Waals surface area contributed by atoms with Crippen molar-refractivity contribution in [3.05, 3.63) is 23.8 Å². The largest absolute Gasteiger partial charge is 0.487 e. The van der Waals surface area contributed by atoms with Crippen molar-refractivity contribution in [1.82, 2.24) is 5.32 Å². The van der Waals surface area contributed by atoms with Gasteiger partial charge >= 0.3 is 0 Å². The molecule has 0 aliphatic carbocycles. The molecule has 0 amide bonds. The Balaban J connectivity index is 1.95. The second-order valence-electron chi connectivity index (χ2n) is 6.07. The van der Waals surface area contributed by atoms with Crippen LogP contribution in [-0.4, -0.2) is 24.7 Å². The van der Waals surface area contributed by atoms with Crippen molar-refractivity contribution in [2.75, 3.05) is 18.4 Å². The highest BCUT2D eigenvalue weighted by atomic mass is 16.5. The maximum absolute atomic E-state index is 5.77. The van der Waals surface area contributed by atoms with Gasteiger partial charge in [0.2, 0.25) is 0 Å². The Morgan fingerprint density at radius 2 is 2.17 bits per heavy atom. The normalized spacial score (nSPS) is 18.8. The zero-order chi connectivity index (χ0) is 13.2. The first-order valence-corrected chi connectivity index (χ1v) is 6.72. The van der Waals surface area contributed by atoms with Crippen LogP contribution in [0, 0.1) is 0 Å². The molecule has 1 aromatic rings. The van der Waals surface area contributed by atoms with Crippen molar-refractivity contribution in [2.45, 2.75) is 45.8 Å². The molecule has 0 radical (unpaired) electrons. The van der Waals surface area contributed by atoms with Gasteiger partial charge in [0.05, 0.1) is 12.2 Å². The second-order valence-corrected chi connectivity index (χ2v) is 6.07. The third kappa shape index (κ3) is 3.64. The standard InChI is InChI=1S/C15H24N2O/c1-11-10-16-13-9-12(5-6-14(13)18-11)7-8-17-15(2,3)4/h5-6,9,11,16-17H,7-8,10H2,1-4H3. The molecule has 2 N–H and O–H groups in total. The molecule has 0 saturated heterocycles. The van der Waals surface area contributed by atoms with E-state index in [0.717, 1.165) is 30.9 Å². The molecule has 0 saturated carbocycles. The van der Waals surface area contributed by atoms with Crippen LogP contribution >= 0.6 is 0 Å². The van der Waals surface area contributed by atoms with Crippen LogP contribution in [0.5, 0.6) is 5.75 Å². The molecule has 3 nitrogen and oxygen atoms in total. The van der Waals surface area contributed by atoms with Crippen LogP contribution in [0.1, 0.15) is 33.3 Å². The van der Waals surface area contributed by atoms with Gasteiger partial charge in [-0.2, -0.15) is 0 Å². The number of fused-ring (bicyclic) bond motifs is 1. The van der Waals surface area contributed by atoms with Gasteiger partial charge in [-0.25, -0.2) is 0 Å². The summed E-state index contributed by atoms with van der Waals surface area (Å²) in [6, 6.07) is 6.43. The van der Waals surface area contributed by atoms with Gasteiger partial charge in [0, 0.05) is 5.54 Å². The fourth-order valence-corrected chi connectivity index (χ4v) is 2.07. The molecule has 1 aromatic carbocycles. The van der Waals surface area contributed by atoms with E-state index in [1.165, 1.54) is 5.56 Å². The quantitative estimate of drug-likeness (QED) is 0.863. The SMILES string of the molecule is CC1CNc2cc(CCNC(C)(C)C)ccc2O1. The van der Waals surface area contributed by atoms with E-state index in [4.69, 9.17) is 4.74 Å². The lowest BCUT2D eigenvalue weighted by molar-refractivity contribution is 0.226. The van der Waals surface area contributed by atoms with Gasteiger partial charge in [0.15, 0.2) is 0 Å². The van der Waals surface area contributed by atoms with Gasteiger partial charge in [-0.05, 0) is 58.4 Å². The Morgan fingerprint density at radius 3 is 2.89 bits per heavy atom. The zero-order valence-corrected chi connectivity index (χ0v) is 11.8. The molecule has 1 atom stereocenters. The first-order chi connectivity index (χ1) is 8.44. The van der Waals surface area contributed by atoms with Gasteiger partial charge in [0.1, 0.15) is 11.9 Å². The summed E-state index contributed by atoms with van der Waals surface area (Å²) in [6.07, 6.45) is 1.30. The molecule has 0 aromatic heterocycles. The van der Waals surface area contributed by atoms with Crippen LogP contribution in [0.25, 0.3) is 0 Å². The highest BCUT2D eigenvalue weighted by molar-refractivity contribution is 5.59. The van der Waals surface area contributed by atoms with Crippen molar-refractivity contribution in [3.8, 4) is 5.75 Å². The van der Waals surface area contributed by atoms with E-state index in [-0.39, 0.29) is 11.6 Å². The van der Waals surface area contributed by atoms with E-state index in [9.17, 15) is 0 Å². The third-order valence-corrected chi connectivity index (χ3v) is 3.02. The van der Waals surface area contributed by atoms with Gasteiger partial charge in [-0.3, -0.25) is 0 Å². The summed E-state index contributed by atoms with van der Waals surface area (Å²) in [6.45, 7) is 10.5. The molecule has 0 bridgehead atoms. The van der Waals surface area contributed by atoms with E-state index in [2.05, 4.69) is 56.5 Å². The molecule has 3 heteroatoms. The first-order valence-electron chi connectivity index (χ1n) is 6.72. The van der Waals surface area contributed by atoms with Crippen molar-refractivity contribution < 1.29 is 4.74 Å². The summed E-state index contributed by atoms with van der Waals surface area (Å²) < 4.78 is 5.77. The van der Waals surface area contributed by atoms with Crippen molar-refractivity contribution >= 4 is 5.69 Å². The smallest absolute Gasteiger partial charge is 0.142 e. The van der Waals surface area contributed by atoms with Crippen LogP contribution in [0.2, 0.25) is 0 Å². The lowest BCUT2D eigenvalue weighted by Gasteiger charge is -2.25. The minimum absolute atomic E-state index is 0.186. The van der Waals surface area contributed by atoms with Crippen LogP contribution in [0.4, 0.5) is 5.69 Å². The van der Waals surface area contributed by atoms with Crippen molar-refractivity contribution in [1.29, 1.82) is 0 Å². The lowest BCUT2D eigenvalue weighted by atomic mass is 10.1. The summed E-state index contributed by atoms with van der Waals surface area (Å²) in [5, 5.41) is 6.92. The van der Waals surface area contributed by atoms with Crippen LogP contribution in [0.3, 0.4) is 0 Å². The lowest BCUT2D eigenvalue weighted by Crippen LogP contribution is -2.37. The van der Waals surface area contributed by atoms with Gasteiger partial charge in [-0.1, -0.05) is 6.07 Å². The van der Waals surface area contributed by atoms with Crippen molar-refractivity contribution in [3.63, 3.8) is 0 Å². The van der Waals surface area contributed by atoms with Crippen LogP contribution in [-0.2, 0) is 6.42 Å². The topological polar surface area (TPSA) is 33.3 Å². The molecule has 18 heavy (non-hydrogen) atoms. The average Bonchev–Trinajstić information content (AvgIpc) is 2.27. The maximum Gasteiger partial charge on any atom is 0.142 e. The average molecular weight is 248 g/mol. The molecular weight excluding hydrogens is 224 g/mol. The van der Waals surface area contributed by atoms with Crippen LogP contribution in [0.15, 0.2) is 18.2 Å². The van der Waals surface area contributed by atoms with E-state index < -0.39 is 0 Å². The van der Waals surface area contributed by atoms with Crippen LogP contribution < -0.4 is 15.4 Å². The van der Waals surface area contributed by atoms with Gasteiger partial charge in [-0.15, -0.1) is 0 Å². The number of ether oxygens (including phenoxy) is 1. The fraction of sp³-hybridized carbons (Fsp3) is 0.600. The summed E-state index contributed by atoms with van der Waals surface area (Å²) in [5.41, 5.74) is 2.66. The fourth-order valence-electron chi connectivity index (χ4n) is 2.07. The molecule has 0 fully saturated rings. The predicted molar refractivity (Wildman–Crippen MR) is 76.5 cm³/mol. The van der Waals surface area contributed by atoms with E-state index in [1.807, 2.05) is 0 Å². The number of hydrogen-bond donors (Lipinski definition) is 2. The molecule has 1 heterocycles. The van der Waals surface area contributed by atoms with Gasteiger partial charge in [0.25, 0.3) is 0 Å². The maximum atomic E-state index is 5.77. The van der Waals surface area contributed by atoms with Gasteiger partial charge < -0.3 is 15.4 Å². The molecule has 100 valence electrons. The Bertz CT molecular complexity index is 409. The molecular formula is C15H24N2O. The third-order valence-electron chi connectivity index (χ3n) is 3.02. The molecule has 1 aliphatic heterocycles. The number of hydrogen-bond acceptors (Lipinski definition) is 3. The number of benzene rings is 1. The summed E-state index contributed by atoms with van der Waals surface area (Å²) in [4.78, 5) is 0. The minimum atomic E-state index is 0.186. The highest BCUT2D eigenvalue weighted by Crippen LogP contribution is 2.29. The second kappa shape index (κ2) is 5.19. The molecule has 0 spiro atoms. The number of nitrogens with one attached hydrogen (secondary N) is 2. The van der Waals surface area contributed by atoms with E-state index >= 15 is 0 Å². The summed E-state index contributed by atoms with van der Waals surface area (Å²) in [5.74, 6) is 0.973. The summed E-state index contributed by atoms with van der Waals surface area (Å²) >= 11 is 0. The Labute approximate surface area is 110 Å². The Hall–Kier alpha value is -1.22. The molecule has 2 rings (SSSR count). The monoisotopic (exact) mass is 248 g/mol. The number of rotatable bonds is 3.